The van der Waals surface area contributed by atoms with Gasteiger partial charge in [0.15, 0.2) is 0 Å². The Labute approximate surface area is 105 Å². The molecule has 0 fully saturated rings. The molecule has 0 aliphatic carbocycles. The molecule has 16 heavy (non-hydrogen) atoms. The molecule has 1 nitrogen and oxygen atoms in total. The van der Waals surface area contributed by atoms with E-state index in [0.29, 0.717) is 6.04 Å². The molecule has 0 radical (unpaired) electrons. The molecule has 0 spiro atoms. The van der Waals surface area contributed by atoms with Gasteiger partial charge in [-0.1, -0.05) is 13.0 Å². The zero-order valence-corrected chi connectivity index (χ0v) is 11.3. The highest BCUT2D eigenvalue weighted by Crippen LogP contribution is 2.26. The van der Waals surface area contributed by atoms with Crippen LogP contribution in [0.2, 0.25) is 0 Å². The standard InChI is InChI=1S/C13H17NS2/c1-3-14-13(9-11-5-4-7-16-11)12-6-8-15-10(12)2/h4-8,13-14H,3,9H2,1-2H3. The van der Waals surface area contributed by atoms with Gasteiger partial charge in [-0.25, -0.2) is 0 Å². The largest absolute Gasteiger partial charge is 0.310 e. The van der Waals surface area contributed by atoms with Crippen LogP contribution in [0.1, 0.15) is 28.3 Å². The highest BCUT2D eigenvalue weighted by molar-refractivity contribution is 7.10. The lowest BCUT2D eigenvalue weighted by molar-refractivity contribution is 0.553. The monoisotopic (exact) mass is 251 g/mol. The smallest absolute Gasteiger partial charge is 0.0379 e. The first kappa shape index (κ1) is 11.8. The van der Waals surface area contributed by atoms with Crippen LogP contribution in [-0.2, 0) is 6.42 Å². The number of aryl methyl sites for hydroxylation is 1. The fraction of sp³-hybridized carbons (Fsp3) is 0.385. The summed E-state index contributed by atoms with van der Waals surface area (Å²) in [5.74, 6) is 0. The van der Waals surface area contributed by atoms with Gasteiger partial charge in [-0.3, -0.25) is 0 Å². The van der Waals surface area contributed by atoms with E-state index in [-0.39, 0.29) is 0 Å². The van der Waals surface area contributed by atoms with E-state index < -0.39 is 0 Å². The van der Waals surface area contributed by atoms with Gasteiger partial charge in [0.1, 0.15) is 0 Å². The minimum absolute atomic E-state index is 0.467. The van der Waals surface area contributed by atoms with Crippen molar-refractivity contribution in [3.8, 4) is 0 Å². The summed E-state index contributed by atoms with van der Waals surface area (Å²) in [7, 11) is 0. The van der Waals surface area contributed by atoms with E-state index in [4.69, 9.17) is 0 Å². The zero-order chi connectivity index (χ0) is 11.4. The quantitative estimate of drug-likeness (QED) is 0.846. The van der Waals surface area contributed by atoms with Gasteiger partial charge < -0.3 is 5.32 Å². The predicted octanol–water partition coefficient (Wildman–Crippen LogP) is 4.01. The number of nitrogens with one attached hydrogen (secondary N) is 1. The van der Waals surface area contributed by atoms with Crippen LogP contribution in [0.3, 0.4) is 0 Å². The molecule has 0 bridgehead atoms. The molecule has 2 aromatic rings. The van der Waals surface area contributed by atoms with Crippen molar-refractivity contribution in [1.29, 1.82) is 0 Å². The van der Waals surface area contributed by atoms with E-state index in [9.17, 15) is 0 Å². The predicted molar refractivity (Wildman–Crippen MR) is 73.5 cm³/mol. The third kappa shape index (κ3) is 2.73. The van der Waals surface area contributed by atoms with Crippen LogP contribution < -0.4 is 5.32 Å². The van der Waals surface area contributed by atoms with Crippen LogP contribution in [0.4, 0.5) is 0 Å². The Balaban J connectivity index is 2.14. The van der Waals surface area contributed by atoms with Crippen molar-refractivity contribution in [2.24, 2.45) is 0 Å². The SMILES string of the molecule is CCNC(Cc1cccs1)c1ccsc1C. The molecule has 1 N–H and O–H groups in total. The number of hydrogen-bond donors (Lipinski definition) is 1. The average molecular weight is 251 g/mol. The maximum atomic E-state index is 3.58. The van der Waals surface area contributed by atoms with Gasteiger partial charge in [-0.15, -0.1) is 22.7 Å². The van der Waals surface area contributed by atoms with Gasteiger partial charge in [0.2, 0.25) is 0 Å². The van der Waals surface area contributed by atoms with Crippen molar-refractivity contribution in [3.63, 3.8) is 0 Å². The third-order valence-electron chi connectivity index (χ3n) is 2.71. The van der Waals surface area contributed by atoms with Gasteiger partial charge in [-0.05, 0) is 41.9 Å². The second-order valence-electron chi connectivity index (χ2n) is 3.83. The first-order valence-corrected chi connectivity index (χ1v) is 7.37. The molecular weight excluding hydrogens is 234 g/mol. The summed E-state index contributed by atoms with van der Waals surface area (Å²) in [6.07, 6.45) is 1.10. The number of likely N-dealkylation sites (N-methyl/N-ethyl adjacent to an activating group) is 1. The molecule has 0 saturated carbocycles. The Kier molecular flexibility index (Phi) is 4.16. The molecule has 1 unspecified atom stereocenters. The maximum Gasteiger partial charge on any atom is 0.0379 e. The Bertz CT molecular complexity index is 417. The van der Waals surface area contributed by atoms with Gasteiger partial charge >= 0.3 is 0 Å². The van der Waals surface area contributed by atoms with Crippen molar-refractivity contribution in [2.75, 3.05) is 6.54 Å². The van der Waals surface area contributed by atoms with Crippen molar-refractivity contribution >= 4 is 22.7 Å². The number of rotatable bonds is 5. The van der Waals surface area contributed by atoms with Crippen LogP contribution in [0.25, 0.3) is 0 Å². The van der Waals surface area contributed by atoms with E-state index >= 15 is 0 Å². The van der Waals surface area contributed by atoms with E-state index in [2.05, 4.69) is 48.1 Å². The zero-order valence-electron chi connectivity index (χ0n) is 9.69. The van der Waals surface area contributed by atoms with Gasteiger partial charge in [0, 0.05) is 22.2 Å². The van der Waals surface area contributed by atoms with E-state index in [1.54, 1.807) is 0 Å². The normalized spacial score (nSPS) is 12.9. The minimum Gasteiger partial charge on any atom is -0.310 e. The lowest BCUT2D eigenvalue weighted by Gasteiger charge is -2.17. The van der Waals surface area contributed by atoms with Crippen LogP contribution in [-0.4, -0.2) is 6.54 Å². The van der Waals surface area contributed by atoms with E-state index in [1.165, 1.54) is 15.3 Å². The van der Waals surface area contributed by atoms with E-state index in [1.807, 2.05) is 22.7 Å². The van der Waals surface area contributed by atoms with Crippen LogP contribution >= 0.6 is 22.7 Å². The van der Waals surface area contributed by atoms with Gasteiger partial charge in [0.05, 0.1) is 0 Å². The minimum atomic E-state index is 0.467. The van der Waals surface area contributed by atoms with Crippen molar-refractivity contribution in [1.82, 2.24) is 5.32 Å². The summed E-state index contributed by atoms with van der Waals surface area (Å²) in [5.41, 5.74) is 1.46. The average Bonchev–Trinajstić information content (AvgIpc) is 2.88. The lowest BCUT2D eigenvalue weighted by atomic mass is 10.0. The van der Waals surface area contributed by atoms with Crippen molar-refractivity contribution in [3.05, 3.63) is 44.3 Å². The molecule has 86 valence electrons. The molecule has 3 heteroatoms. The fourth-order valence-corrected chi connectivity index (χ4v) is 3.44. The van der Waals surface area contributed by atoms with Crippen LogP contribution in [0.5, 0.6) is 0 Å². The number of thiophene rings is 2. The summed E-state index contributed by atoms with van der Waals surface area (Å²) in [6.45, 7) is 5.40. The van der Waals surface area contributed by atoms with Gasteiger partial charge in [0.25, 0.3) is 0 Å². The van der Waals surface area contributed by atoms with Crippen molar-refractivity contribution < 1.29 is 0 Å². The highest BCUT2D eigenvalue weighted by Gasteiger charge is 2.14. The second kappa shape index (κ2) is 5.62. The molecule has 1 atom stereocenters. The molecule has 0 aliphatic rings. The topological polar surface area (TPSA) is 12.0 Å². The molecular formula is C13H17NS2. The summed E-state index contributed by atoms with van der Waals surface area (Å²) in [6, 6.07) is 7.07. The molecule has 2 rings (SSSR count). The third-order valence-corrected chi connectivity index (χ3v) is 4.47. The first-order chi connectivity index (χ1) is 7.81. The summed E-state index contributed by atoms with van der Waals surface area (Å²) >= 11 is 3.68. The number of hydrogen-bond acceptors (Lipinski definition) is 3. The van der Waals surface area contributed by atoms with Crippen molar-refractivity contribution in [2.45, 2.75) is 26.3 Å². The maximum absolute atomic E-state index is 3.58. The Morgan fingerprint density at radius 3 is 2.69 bits per heavy atom. The van der Waals surface area contributed by atoms with Crippen LogP contribution in [0.15, 0.2) is 29.0 Å². The first-order valence-electron chi connectivity index (χ1n) is 5.61. The molecule has 0 saturated heterocycles. The Morgan fingerprint density at radius 2 is 2.12 bits per heavy atom. The fourth-order valence-electron chi connectivity index (χ4n) is 1.92. The summed E-state index contributed by atoms with van der Waals surface area (Å²) in [5, 5.41) is 7.91. The van der Waals surface area contributed by atoms with Gasteiger partial charge in [-0.2, -0.15) is 0 Å². The second-order valence-corrected chi connectivity index (χ2v) is 5.98. The molecule has 0 aromatic carbocycles. The highest BCUT2D eigenvalue weighted by atomic mass is 32.1. The summed E-state index contributed by atoms with van der Waals surface area (Å²) < 4.78 is 0. The lowest BCUT2D eigenvalue weighted by Crippen LogP contribution is -2.22. The molecule has 2 heterocycles. The molecule has 0 aliphatic heterocycles. The molecule has 2 aromatic heterocycles. The molecule has 0 amide bonds. The van der Waals surface area contributed by atoms with Crippen LogP contribution in [0, 0.1) is 6.92 Å². The Hall–Kier alpha value is -0.640. The Morgan fingerprint density at radius 1 is 1.25 bits per heavy atom. The van der Waals surface area contributed by atoms with E-state index in [0.717, 1.165) is 13.0 Å². The summed E-state index contributed by atoms with van der Waals surface area (Å²) in [4.78, 5) is 2.89.